The topological polar surface area (TPSA) is 32.6 Å². The minimum absolute atomic E-state index is 0. The summed E-state index contributed by atoms with van der Waals surface area (Å²) in [6, 6.07) is 0. The molecule has 0 bridgehead atoms. The van der Waals surface area contributed by atoms with E-state index < -0.39 is 0 Å². The summed E-state index contributed by atoms with van der Waals surface area (Å²) in [4.78, 5) is 4.24. The van der Waals surface area contributed by atoms with Crippen LogP contribution in [-0.2, 0) is 17.1 Å². The van der Waals surface area contributed by atoms with Crippen LogP contribution in [0.15, 0.2) is 4.99 Å². The summed E-state index contributed by atoms with van der Waals surface area (Å²) in [7, 11) is 0. The van der Waals surface area contributed by atoms with E-state index >= 15 is 0 Å². The number of aliphatic hydroxyl groups excluding tert-OH is 1. The van der Waals surface area contributed by atoms with Gasteiger partial charge in [0.05, 0.1) is 12.1 Å². The molecule has 0 saturated heterocycles. The molecule has 2 fully saturated rings. The van der Waals surface area contributed by atoms with Crippen LogP contribution in [0.1, 0.15) is 13.8 Å². The van der Waals surface area contributed by atoms with Crippen LogP contribution in [0, 0.1) is 63.7 Å². The Morgan fingerprint density at radius 1 is 1.00 bits per heavy atom. The van der Waals surface area contributed by atoms with Crippen molar-refractivity contribution in [2.45, 2.75) is 19.4 Å². The van der Waals surface area contributed by atoms with E-state index in [0.29, 0.717) is 0 Å². The second-order valence-electron chi connectivity index (χ2n) is 4.41. The van der Waals surface area contributed by atoms with Crippen LogP contribution in [0.4, 0.5) is 0 Å². The van der Waals surface area contributed by atoms with Gasteiger partial charge in [-0.3, -0.25) is 4.99 Å². The number of nitrogens with zero attached hydrogens (tertiary/aromatic N) is 1. The Labute approximate surface area is 123 Å². The van der Waals surface area contributed by atoms with Crippen molar-refractivity contribution in [1.82, 2.24) is 0 Å². The largest absolute Gasteiger partial charge is 2.00 e. The van der Waals surface area contributed by atoms with Gasteiger partial charge in [-0.1, -0.05) is 0 Å². The normalized spacial score (nSPS) is 20.6. The maximum Gasteiger partial charge on any atom is 2.00 e. The first-order valence-corrected chi connectivity index (χ1v) is 5.68. The minimum Gasteiger partial charge on any atom is -0.394 e. The van der Waals surface area contributed by atoms with Crippen molar-refractivity contribution in [2.75, 3.05) is 6.61 Å². The summed E-state index contributed by atoms with van der Waals surface area (Å²) in [6.45, 7) is 3.86. The summed E-state index contributed by atoms with van der Waals surface area (Å²) in [5, 5.41) is 8.91. The molecule has 10 radical (unpaired) electrons. The Kier molecular flexibility index (Phi) is 10.1. The molecular formula is C15H19FeNO+2. The van der Waals surface area contributed by atoms with Crippen molar-refractivity contribution in [3.05, 3.63) is 63.7 Å². The average Bonchev–Trinajstić information content (AvgIpc) is 3.02. The van der Waals surface area contributed by atoms with Gasteiger partial charge in [0, 0.05) is 12.1 Å². The molecule has 2 saturated carbocycles. The van der Waals surface area contributed by atoms with Crippen LogP contribution in [0.3, 0.4) is 0 Å². The van der Waals surface area contributed by atoms with Gasteiger partial charge in [0.15, 0.2) is 0 Å². The molecule has 0 heterocycles. The summed E-state index contributed by atoms with van der Waals surface area (Å²) in [6.07, 6.45) is 19.7. The smallest absolute Gasteiger partial charge is 0.394 e. The molecule has 96 valence electrons. The van der Waals surface area contributed by atoms with E-state index in [4.69, 9.17) is 5.11 Å². The van der Waals surface area contributed by atoms with E-state index in [1.807, 2.05) is 71.6 Å². The van der Waals surface area contributed by atoms with E-state index in [1.165, 1.54) is 0 Å². The van der Waals surface area contributed by atoms with Crippen molar-refractivity contribution in [2.24, 2.45) is 4.99 Å². The van der Waals surface area contributed by atoms with Gasteiger partial charge in [0.25, 0.3) is 0 Å². The maximum atomic E-state index is 8.91. The van der Waals surface area contributed by atoms with E-state index in [1.54, 1.807) is 6.21 Å². The number of aliphatic hydroxyl groups is 1. The summed E-state index contributed by atoms with van der Waals surface area (Å²) in [5.74, 6) is 1.08. The second-order valence-corrected chi connectivity index (χ2v) is 4.41. The number of hydrogen-bond donors (Lipinski definition) is 1. The van der Waals surface area contributed by atoms with Gasteiger partial charge in [0.1, 0.15) is 0 Å². The molecule has 0 aliphatic heterocycles. The maximum absolute atomic E-state index is 8.91. The quantitative estimate of drug-likeness (QED) is 0.626. The Morgan fingerprint density at radius 3 is 1.83 bits per heavy atom. The minimum atomic E-state index is -0.364. The van der Waals surface area contributed by atoms with Crippen LogP contribution < -0.4 is 0 Å². The van der Waals surface area contributed by atoms with Gasteiger partial charge in [-0.2, -0.15) is 0 Å². The molecular weight excluding hydrogens is 266 g/mol. The summed E-state index contributed by atoms with van der Waals surface area (Å²) < 4.78 is 0. The number of aliphatic imine (C=N–C) groups is 1. The Bertz CT molecular complexity index is 211. The number of rotatable bonds is 3. The fourth-order valence-corrected chi connectivity index (χ4v) is 1.09. The first-order valence-electron chi connectivity index (χ1n) is 5.68. The van der Waals surface area contributed by atoms with E-state index in [-0.39, 0.29) is 29.2 Å². The molecule has 18 heavy (non-hydrogen) atoms. The molecule has 2 aliphatic rings. The fraction of sp³-hybridized carbons (Fsp3) is 0.267. The van der Waals surface area contributed by atoms with Crippen LogP contribution in [0.25, 0.3) is 0 Å². The molecule has 0 spiro atoms. The molecule has 0 unspecified atom stereocenters. The summed E-state index contributed by atoms with van der Waals surface area (Å²) in [5.41, 5.74) is -0.364. The third-order valence-electron chi connectivity index (χ3n) is 2.19. The van der Waals surface area contributed by atoms with E-state index in [0.717, 1.165) is 5.92 Å². The molecule has 3 heteroatoms. The van der Waals surface area contributed by atoms with Crippen molar-refractivity contribution in [3.63, 3.8) is 0 Å². The standard InChI is InChI=1S/C10H14NO.C5H5.Fe/c1-10(2,8-12)11-7-9-5-3-4-6-9;1-2-4-5-3-1;/h3-7,12H,8H2,1-2H3;1-5H;/q;;+2. The molecule has 0 atom stereocenters. The van der Waals surface area contributed by atoms with Gasteiger partial charge in [-0.05, 0) is 71.6 Å². The molecule has 0 aromatic rings. The average molecular weight is 285 g/mol. The first kappa shape index (κ1) is 18.1. The third kappa shape index (κ3) is 8.29. The van der Waals surface area contributed by atoms with Crippen molar-refractivity contribution in [1.29, 1.82) is 0 Å². The SMILES string of the molecule is CC(C)(CO)N=C[C]1[CH][CH][CH][CH]1.[CH]1[CH][CH][CH][CH]1.[Fe+2]. The van der Waals surface area contributed by atoms with Gasteiger partial charge < -0.3 is 5.11 Å². The Morgan fingerprint density at radius 2 is 1.44 bits per heavy atom. The van der Waals surface area contributed by atoms with Gasteiger partial charge in [0.2, 0.25) is 0 Å². The van der Waals surface area contributed by atoms with Crippen LogP contribution in [0.5, 0.6) is 0 Å². The van der Waals surface area contributed by atoms with Gasteiger partial charge >= 0.3 is 17.1 Å². The zero-order chi connectivity index (χ0) is 12.6. The fourth-order valence-electron chi connectivity index (χ4n) is 1.09. The molecule has 2 aliphatic carbocycles. The first-order chi connectivity index (χ1) is 8.14. The van der Waals surface area contributed by atoms with Crippen LogP contribution >= 0.6 is 0 Å². The van der Waals surface area contributed by atoms with Crippen molar-refractivity contribution in [3.8, 4) is 0 Å². The van der Waals surface area contributed by atoms with Gasteiger partial charge in [-0.25, -0.2) is 0 Å². The van der Waals surface area contributed by atoms with Crippen molar-refractivity contribution < 1.29 is 22.2 Å². The summed E-state index contributed by atoms with van der Waals surface area (Å²) >= 11 is 0. The number of hydrogen-bond acceptors (Lipinski definition) is 2. The Balaban J connectivity index is 0.000000405. The molecule has 1 N–H and O–H groups in total. The third-order valence-corrected chi connectivity index (χ3v) is 2.19. The van der Waals surface area contributed by atoms with E-state index in [2.05, 4.69) is 4.99 Å². The zero-order valence-electron chi connectivity index (χ0n) is 10.7. The van der Waals surface area contributed by atoms with E-state index in [9.17, 15) is 0 Å². The van der Waals surface area contributed by atoms with Crippen LogP contribution in [-0.4, -0.2) is 23.5 Å². The predicted octanol–water partition coefficient (Wildman–Crippen LogP) is 2.25. The molecule has 0 amide bonds. The Hall–Kier alpha value is 0.149. The molecule has 2 rings (SSSR count). The predicted molar refractivity (Wildman–Crippen MR) is 71.6 cm³/mol. The molecule has 2 nitrogen and oxygen atoms in total. The zero-order valence-corrected chi connectivity index (χ0v) is 11.8. The monoisotopic (exact) mass is 285 g/mol. The molecule has 0 aromatic heterocycles. The van der Waals surface area contributed by atoms with Crippen molar-refractivity contribution >= 4 is 6.21 Å². The second kappa shape index (κ2) is 10.00. The van der Waals surface area contributed by atoms with Gasteiger partial charge in [-0.15, -0.1) is 0 Å². The molecule has 0 aromatic carbocycles. The van der Waals surface area contributed by atoms with Crippen LogP contribution in [0.2, 0.25) is 0 Å².